The van der Waals surface area contributed by atoms with Crippen LogP contribution in [0.5, 0.6) is 0 Å². The van der Waals surface area contributed by atoms with Crippen LogP contribution in [-0.4, -0.2) is 67.1 Å². The molecule has 1 saturated carbocycles. The predicted molar refractivity (Wildman–Crippen MR) is 81.5 cm³/mol. The fourth-order valence-corrected chi connectivity index (χ4v) is 3.80. The minimum atomic E-state index is -0.476. The van der Waals surface area contributed by atoms with Crippen LogP contribution in [0.4, 0.5) is 0 Å². The van der Waals surface area contributed by atoms with Gasteiger partial charge in [0.05, 0.1) is 5.54 Å². The minimum absolute atomic E-state index is 0.170. The van der Waals surface area contributed by atoms with E-state index in [1.54, 1.807) is 0 Å². The van der Waals surface area contributed by atoms with Gasteiger partial charge in [-0.15, -0.1) is 0 Å². The highest BCUT2D eigenvalue weighted by molar-refractivity contribution is 5.84. The van der Waals surface area contributed by atoms with Gasteiger partial charge < -0.3 is 16.0 Å². The van der Waals surface area contributed by atoms with E-state index in [9.17, 15) is 4.79 Å². The van der Waals surface area contributed by atoms with Crippen LogP contribution in [0.1, 0.15) is 39.0 Å². The van der Waals surface area contributed by atoms with Crippen molar-refractivity contribution in [2.75, 3.05) is 39.8 Å². The summed E-state index contributed by atoms with van der Waals surface area (Å²) >= 11 is 0. The quantitative estimate of drug-likeness (QED) is 0.783. The van der Waals surface area contributed by atoms with Crippen LogP contribution < -0.4 is 11.1 Å². The number of carbonyl (C=O) groups excluding carboxylic acids is 1. The smallest absolute Gasteiger partial charge is 0.237 e. The molecule has 0 radical (unpaired) electrons. The Bertz CT molecular complexity index is 332. The number of amides is 1. The maximum absolute atomic E-state index is 11.9. The summed E-state index contributed by atoms with van der Waals surface area (Å²) in [5.41, 5.74) is 5.23. The molecule has 0 aromatic heterocycles. The SMILES string of the molecule is CCNC1(C(N)=O)CCCC(N2CCCN(C)CC2)C1. The van der Waals surface area contributed by atoms with Gasteiger partial charge in [-0.2, -0.15) is 0 Å². The zero-order valence-corrected chi connectivity index (χ0v) is 13.0. The van der Waals surface area contributed by atoms with Crippen molar-refractivity contribution in [2.24, 2.45) is 5.73 Å². The topological polar surface area (TPSA) is 61.6 Å². The molecule has 116 valence electrons. The van der Waals surface area contributed by atoms with Crippen molar-refractivity contribution in [3.05, 3.63) is 0 Å². The number of nitrogens with one attached hydrogen (secondary N) is 1. The van der Waals surface area contributed by atoms with E-state index < -0.39 is 5.54 Å². The van der Waals surface area contributed by atoms with E-state index in [0.29, 0.717) is 6.04 Å². The number of carbonyl (C=O) groups is 1. The molecule has 1 heterocycles. The highest BCUT2D eigenvalue weighted by atomic mass is 16.1. The Balaban J connectivity index is 2.03. The molecule has 3 N–H and O–H groups in total. The Hall–Kier alpha value is -0.650. The molecule has 1 aliphatic heterocycles. The van der Waals surface area contributed by atoms with E-state index >= 15 is 0 Å². The van der Waals surface area contributed by atoms with Crippen molar-refractivity contribution in [3.63, 3.8) is 0 Å². The number of hydrogen-bond donors (Lipinski definition) is 2. The first-order chi connectivity index (χ1) is 9.57. The highest BCUT2D eigenvalue weighted by Crippen LogP contribution is 2.31. The first kappa shape index (κ1) is 15.7. The number of nitrogens with two attached hydrogens (primary N) is 1. The molecule has 2 unspecified atom stereocenters. The van der Waals surface area contributed by atoms with Gasteiger partial charge in [-0.25, -0.2) is 0 Å². The first-order valence-corrected chi connectivity index (χ1v) is 8.05. The van der Waals surface area contributed by atoms with Crippen LogP contribution in [0.2, 0.25) is 0 Å². The van der Waals surface area contributed by atoms with Gasteiger partial charge in [-0.3, -0.25) is 9.69 Å². The zero-order valence-electron chi connectivity index (χ0n) is 13.0. The molecule has 5 nitrogen and oxygen atoms in total. The van der Waals surface area contributed by atoms with Gasteiger partial charge in [0, 0.05) is 19.1 Å². The molecule has 0 spiro atoms. The molecule has 0 aromatic carbocycles. The van der Waals surface area contributed by atoms with Crippen molar-refractivity contribution < 1.29 is 4.79 Å². The molecule has 1 saturated heterocycles. The van der Waals surface area contributed by atoms with Crippen LogP contribution in [0.15, 0.2) is 0 Å². The van der Waals surface area contributed by atoms with Crippen molar-refractivity contribution in [3.8, 4) is 0 Å². The second kappa shape index (κ2) is 6.87. The Morgan fingerprint density at radius 3 is 2.80 bits per heavy atom. The molecule has 5 heteroatoms. The summed E-state index contributed by atoms with van der Waals surface area (Å²) in [7, 11) is 2.19. The van der Waals surface area contributed by atoms with Gasteiger partial charge in [0.2, 0.25) is 5.91 Å². The molecule has 2 fully saturated rings. The third kappa shape index (κ3) is 3.51. The first-order valence-electron chi connectivity index (χ1n) is 8.05. The predicted octanol–water partition coefficient (Wildman–Crippen LogP) is 0.400. The van der Waals surface area contributed by atoms with E-state index in [-0.39, 0.29) is 5.91 Å². The lowest BCUT2D eigenvalue weighted by atomic mass is 9.77. The maximum Gasteiger partial charge on any atom is 0.237 e. The van der Waals surface area contributed by atoms with Crippen LogP contribution >= 0.6 is 0 Å². The fourth-order valence-electron chi connectivity index (χ4n) is 3.80. The Labute approximate surface area is 122 Å². The molecule has 20 heavy (non-hydrogen) atoms. The Morgan fingerprint density at radius 2 is 2.10 bits per heavy atom. The van der Waals surface area contributed by atoms with Gasteiger partial charge in [-0.05, 0) is 58.8 Å². The summed E-state index contributed by atoms with van der Waals surface area (Å²) in [5.74, 6) is -0.170. The summed E-state index contributed by atoms with van der Waals surface area (Å²) in [5, 5.41) is 3.38. The lowest BCUT2D eigenvalue weighted by Crippen LogP contribution is -2.60. The Morgan fingerprint density at radius 1 is 1.30 bits per heavy atom. The van der Waals surface area contributed by atoms with Crippen molar-refractivity contribution in [2.45, 2.75) is 50.6 Å². The monoisotopic (exact) mass is 282 g/mol. The molecular weight excluding hydrogens is 252 g/mol. The third-order valence-electron chi connectivity index (χ3n) is 4.98. The van der Waals surface area contributed by atoms with Gasteiger partial charge in [0.25, 0.3) is 0 Å². The van der Waals surface area contributed by atoms with E-state index in [2.05, 4.69) is 29.1 Å². The number of primary amides is 1. The van der Waals surface area contributed by atoms with Gasteiger partial charge in [0.15, 0.2) is 0 Å². The van der Waals surface area contributed by atoms with Gasteiger partial charge >= 0.3 is 0 Å². The van der Waals surface area contributed by atoms with Crippen molar-refractivity contribution >= 4 is 5.91 Å². The van der Waals surface area contributed by atoms with E-state index in [1.807, 2.05) is 0 Å². The van der Waals surface area contributed by atoms with Crippen LogP contribution in [0.25, 0.3) is 0 Å². The lowest BCUT2D eigenvalue weighted by Gasteiger charge is -2.43. The average molecular weight is 282 g/mol. The van der Waals surface area contributed by atoms with Crippen molar-refractivity contribution in [1.82, 2.24) is 15.1 Å². The standard InChI is InChI=1S/C15H30N4O/c1-3-17-15(14(16)20)7-4-6-13(12-15)19-9-5-8-18(2)10-11-19/h13,17H,3-12H2,1-2H3,(H2,16,20). The van der Waals surface area contributed by atoms with E-state index in [1.165, 1.54) is 19.4 Å². The van der Waals surface area contributed by atoms with Crippen molar-refractivity contribution in [1.29, 1.82) is 0 Å². The summed E-state index contributed by atoms with van der Waals surface area (Å²) < 4.78 is 0. The molecular formula is C15H30N4O. The van der Waals surface area contributed by atoms with Crippen LogP contribution in [0, 0.1) is 0 Å². The largest absolute Gasteiger partial charge is 0.368 e. The molecule has 1 aliphatic carbocycles. The van der Waals surface area contributed by atoms with Gasteiger partial charge in [0.1, 0.15) is 0 Å². The summed E-state index contributed by atoms with van der Waals surface area (Å²) in [6.45, 7) is 7.42. The third-order valence-corrected chi connectivity index (χ3v) is 4.98. The zero-order chi connectivity index (χ0) is 14.6. The van der Waals surface area contributed by atoms with E-state index in [0.717, 1.165) is 45.4 Å². The number of likely N-dealkylation sites (N-methyl/N-ethyl adjacent to an activating group) is 2. The van der Waals surface area contributed by atoms with Crippen LogP contribution in [-0.2, 0) is 4.79 Å². The summed E-state index contributed by atoms with van der Waals surface area (Å²) in [6, 6.07) is 0.502. The minimum Gasteiger partial charge on any atom is -0.368 e. The normalized spacial score (nSPS) is 33.8. The highest BCUT2D eigenvalue weighted by Gasteiger charge is 2.42. The molecule has 2 atom stereocenters. The van der Waals surface area contributed by atoms with E-state index in [4.69, 9.17) is 5.73 Å². The second-order valence-corrected chi connectivity index (χ2v) is 6.42. The molecule has 0 aromatic rings. The summed E-state index contributed by atoms with van der Waals surface area (Å²) in [6.07, 6.45) is 5.27. The van der Waals surface area contributed by atoms with Crippen LogP contribution in [0.3, 0.4) is 0 Å². The van der Waals surface area contributed by atoms with Gasteiger partial charge in [-0.1, -0.05) is 6.92 Å². The summed E-state index contributed by atoms with van der Waals surface area (Å²) in [4.78, 5) is 16.9. The lowest BCUT2D eigenvalue weighted by molar-refractivity contribution is -0.126. The number of hydrogen-bond acceptors (Lipinski definition) is 4. The second-order valence-electron chi connectivity index (χ2n) is 6.42. The number of nitrogens with zero attached hydrogens (tertiary/aromatic N) is 2. The number of rotatable bonds is 4. The average Bonchev–Trinajstić information content (AvgIpc) is 2.64. The maximum atomic E-state index is 11.9. The molecule has 0 bridgehead atoms. The Kier molecular flexibility index (Phi) is 5.41. The fraction of sp³-hybridized carbons (Fsp3) is 0.933. The molecule has 1 amide bonds. The molecule has 2 rings (SSSR count). The molecule has 2 aliphatic rings.